The van der Waals surface area contributed by atoms with E-state index in [-0.39, 0.29) is 12.4 Å². The first-order chi connectivity index (χ1) is 6.36. The molecule has 2 heterocycles. The molecule has 0 spiro atoms. The normalized spacial score (nSPS) is 27.6. The van der Waals surface area contributed by atoms with Gasteiger partial charge in [0.15, 0.2) is 0 Å². The maximum atomic E-state index is 11.4. The minimum Gasteiger partial charge on any atom is -0.342 e. The van der Waals surface area contributed by atoms with E-state index in [4.69, 9.17) is 0 Å². The number of carbonyl (C=O) groups excluding carboxylic acids is 1. The number of carbonyl (C=O) groups is 1. The van der Waals surface area contributed by atoms with Crippen molar-refractivity contribution >= 4 is 18.3 Å². The minimum absolute atomic E-state index is 0. The van der Waals surface area contributed by atoms with E-state index >= 15 is 0 Å². The van der Waals surface area contributed by atoms with Gasteiger partial charge in [0.2, 0.25) is 5.91 Å². The molecular weight excluding hydrogens is 200 g/mol. The lowest BCUT2D eigenvalue weighted by atomic mass is 9.99. The number of amides is 1. The number of rotatable bonds is 2. The van der Waals surface area contributed by atoms with Gasteiger partial charge in [-0.15, -0.1) is 12.4 Å². The van der Waals surface area contributed by atoms with Gasteiger partial charge >= 0.3 is 0 Å². The highest BCUT2D eigenvalue weighted by atomic mass is 35.5. The fraction of sp³-hybridized carbons (Fsp3) is 0.900. The van der Waals surface area contributed by atoms with Crippen molar-refractivity contribution < 1.29 is 4.79 Å². The summed E-state index contributed by atoms with van der Waals surface area (Å²) in [6.07, 6.45) is 4.41. The van der Waals surface area contributed by atoms with Gasteiger partial charge in [-0.3, -0.25) is 4.79 Å². The minimum atomic E-state index is 0. The predicted octanol–water partition coefficient (Wildman–Crippen LogP) is 1.03. The largest absolute Gasteiger partial charge is 0.342 e. The number of piperidine rings is 1. The van der Waals surface area contributed by atoms with Gasteiger partial charge in [0, 0.05) is 19.5 Å². The summed E-state index contributed by atoms with van der Waals surface area (Å²) in [4.78, 5) is 13.4. The van der Waals surface area contributed by atoms with Gasteiger partial charge in [0.05, 0.1) is 0 Å². The van der Waals surface area contributed by atoms with Gasteiger partial charge in [-0.05, 0) is 38.3 Å². The van der Waals surface area contributed by atoms with Gasteiger partial charge in [-0.2, -0.15) is 0 Å². The van der Waals surface area contributed by atoms with Crippen molar-refractivity contribution in [3.05, 3.63) is 0 Å². The van der Waals surface area contributed by atoms with E-state index in [1.807, 2.05) is 4.90 Å². The highest BCUT2D eigenvalue weighted by Crippen LogP contribution is 2.16. The van der Waals surface area contributed by atoms with Crippen LogP contribution in [0.1, 0.15) is 25.7 Å². The van der Waals surface area contributed by atoms with Crippen molar-refractivity contribution in [1.82, 2.24) is 10.2 Å². The molecule has 1 unspecified atom stereocenters. The summed E-state index contributed by atoms with van der Waals surface area (Å²) < 4.78 is 0. The maximum Gasteiger partial charge on any atom is 0.222 e. The summed E-state index contributed by atoms with van der Waals surface area (Å²) in [6, 6.07) is 0. The van der Waals surface area contributed by atoms with Crippen molar-refractivity contribution in [3.8, 4) is 0 Å². The number of nitrogens with one attached hydrogen (secondary N) is 1. The van der Waals surface area contributed by atoms with Crippen molar-refractivity contribution in [2.24, 2.45) is 5.92 Å². The number of halogens is 1. The van der Waals surface area contributed by atoms with Crippen LogP contribution >= 0.6 is 12.4 Å². The summed E-state index contributed by atoms with van der Waals surface area (Å²) in [6.45, 7) is 4.25. The topological polar surface area (TPSA) is 32.3 Å². The third-order valence-corrected chi connectivity index (χ3v) is 3.05. The van der Waals surface area contributed by atoms with Crippen molar-refractivity contribution in [2.45, 2.75) is 25.7 Å². The second kappa shape index (κ2) is 5.56. The van der Waals surface area contributed by atoms with Crippen LogP contribution in [0.25, 0.3) is 0 Å². The van der Waals surface area contributed by atoms with E-state index in [0.717, 1.165) is 39.0 Å². The van der Waals surface area contributed by atoms with Crippen molar-refractivity contribution in [1.29, 1.82) is 0 Å². The second-order valence-corrected chi connectivity index (χ2v) is 4.16. The molecule has 0 aliphatic carbocycles. The Bertz CT molecular complexity index is 193. The summed E-state index contributed by atoms with van der Waals surface area (Å²) >= 11 is 0. The molecule has 0 aromatic rings. The fourth-order valence-corrected chi connectivity index (χ4v) is 2.29. The Morgan fingerprint density at radius 3 is 2.86 bits per heavy atom. The van der Waals surface area contributed by atoms with E-state index < -0.39 is 0 Å². The number of nitrogens with zero attached hydrogens (tertiary/aromatic N) is 1. The monoisotopic (exact) mass is 218 g/mol. The smallest absolute Gasteiger partial charge is 0.222 e. The molecule has 14 heavy (non-hydrogen) atoms. The van der Waals surface area contributed by atoms with Crippen LogP contribution in [0, 0.1) is 5.92 Å². The lowest BCUT2D eigenvalue weighted by molar-refractivity contribution is -0.128. The quantitative estimate of drug-likeness (QED) is 0.751. The Hall–Kier alpha value is -0.280. The Labute approximate surface area is 91.6 Å². The lowest BCUT2D eigenvalue weighted by Crippen LogP contribution is -2.38. The van der Waals surface area contributed by atoms with E-state index in [9.17, 15) is 4.79 Å². The molecule has 0 saturated carbocycles. The fourth-order valence-electron chi connectivity index (χ4n) is 2.29. The van der Waals surface area contributed by atoms with E-state index in [1.165, 1.54) is 12.8 Å². The molecule has 2 rings (SSSR count). The molecule has 1 N–H and O–H groups in total. The van der Waals surface area contributed by atoms with Gasteiger partial charge in [0.25, 0.3) is 0 Å². The third kappa shape index (κ3) is 2.85. The molecule has 0 radical (unpaired) electrons. The van der Waals surface area contributed by atoms with E-state index in [0.29, 0.717) is 11.8 Å². The molecule has 1 atom stereocenters. The molecule has 0 aromatic heterocycles. The zero-order chi connectivity index (χ0) is 9.10. The Kier molecular flexibility index (Phi) is 4.69. The molecule has 0 bridgehead atoms. The molecule has 2 aliphatic rings. The van der Waals surface area contributed by atoms with Gasteiger partial charge < -0.3 is 10.2 Å². The number of hydrogen-bond acceptors (Lipinski definition) is 2. The van der Waals surface area contributed by atoms with E-state index in [1.54, 1.807) is 0 Å². The Morgan fingerprint density at radius 1 is 1.43 bits per heavy atom. The van der Waals surface area contributed by atoms with Gasteiger partial charge in [0.1, 0.15) is 0 Å². The highest BCUT2D eigenvalue weighted by Gasteiger charge is 2.23. The first-order valence-electron chi connectivity index (χ1n) is 5.35. The summed E-state index contributed by atoms with van der Waals surface area (Å²) in [5, 5.41) is 3.39. The average Bonchev–Trinajstić information content (AvgIpc) is 2.54. The molecule has 82 valence electrons. The van der Waals surface area contributed by atoms with Crippen molar-refractivity contribution in [3.63, 3.8) is 0 Å². The standard InChI is InChI=1S/C10H18N2O.ClH/c13-10-4-2-6-12(10)8-9-3-1-5-11-7-9;/h9,11H,1-8H2;1H. The van der Waals surface area contributed by atoms with Crippen LogP contribution in [0.5, 0.6) is 0 Å². The number of hydrogen-bond donors (Lipinski definition) is 1. The van der Waals surface area contributed by atoms with Crippen LogP contribution in [0.4, 0.5) is 0 Å². The molecule has 3 nitrogen and oxygen atoms in total. The number of likely N-dealkylation sites (tertiary alicyclic amines) is 1. The van der Waals surface area contributed by atoms with Crippen LogP contribution < -0.4 is 5.32 Å². The average molecular weight is 219 g/mol. The van der Waals surface area contributed by atoms with Crippen LogP contribution in [0.15, 0.2) is 0 Å². The molecule has 2 saturated heterocycles. The molecule has 4 heteroatoms. The zero-order valence-electron chi connectivity index (χ0n) is 8.50. The second-order valence-electron chi connectivity index (χ2n) is 4.16. The van der Waals surface area contributed by atoms with Gasteiger partial charge in [-0.1, -0.05) is 0 Å². The van der Waals surface area contributed by atoms with Crippen LogP contribution in [-0.4, -0.2) is 37.0 Å². The highest BCUT2D eigenvalue weighted by molar-refractivity contribution is 5.85. The van der Waals surface area contributed by atoms with Crippen LogP contribution in [0.2, 0.25) is 0 Å². The summed E-state index contributed by atoms with van der Waals surface area (Å²) in [7, 11) is 0. The zero-order valence-corrected chi connectivity index (χ0v) is 9.31. The van der Waals surface area contributed by atoms with Crippen LogP contribution in [-0.2, 0) is 4.79 Å². The first-order valence-corrected chi connectivity index (χ1v) is 5.35. The molecular formula is C10H19ClN2O. The lowest BCUT2D eigenvalue weighted by Gasteiger charge is -2.27. The maximum absolute atomic E-state index is 11.4. The Morgan fingerprint density at radius 2 is 2.29 bits per heavy atom. The van der Waals surface area contributed by atoms with E-state index in [2.05, 4.69) is 5.32 Å². The molecule has 1 amide bonds. The van der Waals surface area contributed by atoms with Crippen molar-refractivity contribution in [2.75, 3.05) is 26.2 Å². The predicted molar refractivity (Wildman–Crippen MR) is 58.7 cm³/mol. The summed E-state index contributed by atoms with van der Waals surface area (Å²) in [5.74, 6) is 1.07. The molecule has 0 aromatic carbocycles. The molecule has 2 aliphatic heterocycles. The Balaban J connectivity index is 0.000000980. The SMILES string of the molecule is Cl.O=C1CCCN1CC1CCCNC1. The summed E-state index contributed by atoms with van der Waals surface area (Å²) in [5.41, 5.74) is 0. The van der Waals surface area contributed by atoms with Gasteiger partial charge in [-0.25, -0.2) is 0 Å². The van der Waals surface area contributed by atoms with Crippen LogP contribution in [0.3, 0.4) is 0 Å². The third-order valence-electron chi connectivity index (χ3n) is 3.05. The molecule has 2 fully saturated rings. The first kappa shape index (κ1) is 11.8.